The van der Waals surface area contributed by atoms with Gasteiger partial charge in [-0.2, -0.15) is 13.2 Å². The molecule has 0 radical (unpaired) electrons. The van der Waals surface area contributed by atoms with Crippen LogP contribution in [0, 0.1) is 0 Å². The van der Waals surface area contributed by atoms with E-state index in [-0.39, 0.29) is 0 Å². The Kier molecular flexibility index (Phi) is 3.46. The van der Waals surface area contributed by atoms with Crippen LogP contribution in [-0.4, -0.2) is 29.6 Å². The Morgan fingerprint density at radius 1 is 1.42 bits per heavy atom. The van der Waals surface area contributed by atoms with Gasteiger partial charge in [0.1, 0.15) is 0 Å². The van der Waals surface area contributed by atoms with Crippen LogP contribution in [0.1, 0.15) is 13.3 Å². The van der Waals surface area contributed by atoms with Crippen LogP contribution in [0.15, 0.2) is 0 Å². The number of aliphatic hydroxyl groups is 1. The van der Waals surface area contributed by atoms with Gasteiger partial charge in [0.05, 0.1) is 6.61 Å². The molecule has 6 heteroatoms. The van der Waals surface area contributed by atoms with Gasteiger partial charge in [0.2, 0.25) is 0 Å². The highest BCUT2D eigenvalue weighted by molar-refractivity contribution is 4.83. The highest BCUT2D eigenvalue weighted by atomic mass is 19.4. The van der Waals surface area contributed by atoms with Gasteiger partial charge in [-0.15, -0.1) is 0 Å². The summed E-state index contributed by atoms with van der Waals surface area (Å²) in [4.78, 5) is 0. The van der Waals surface area contributed by atoms with Crippen molar-refractivity contribution in [3.8, 4) is 0 Å². The molecule has 0 aliphatic carbocycles. The van der Waals surface area contributed by atoms with E-state index in [1.54, 1.807) is 0 Å². The molecule has 2 unspecified atom stereocenters. The smallest absolute Gasteiger partial charge is 0.394 e. The molecule has 0 spiro atoms. The minimum Gasteiger partial charge on any atom is -0.394 e. The lowest BCUT2D eigenvalue weighted by molar-refractivity contribution is -0.186. The number of hydrogen-bond acceptors (Lipinski definition) is 2. The first-order valence-corrected chi connectivity index (χ1v) is 3.29. The average Bonchev–Trinajstić information content (AvgIpc) is 1.85. The summed E-state index contributed by atoms with van der Waals surface area (Å²) in [7, 11) is 0. The van der Waals surface area contributed by atoms with Crippen LogP contribution in [-0.2, 0) is 0 Å². The van der Waals surface area contributed by atoms with Crippen LogP contribution in [0.3, 0.4) is 0 Å². The van der Waals surface area contributed by atoms with Gasteiger partial charge in [-0.25, -0.2) is 4.39 Å². The fourth-order valence-electron chi connectivity index (χ4n) is 0.590. The van der Waals surface area contributed by atoms with Gasteiger partial charge < -0.3 is 10.8 Å². The molecule has 0 aliphatic rings. The minimum atomic E-state index is -4.89. The van der Waals surface area contributed by atoms with E-state index in [2.05, 4.69) is 0 Å². The summed E-state index contributed by atoms with van der Waals surface area (Å²) in [6, 6.07) is 0. The van der Waals surface area contributed by atoms with Crippen molar-refractivity contribution < 1.29 is 22.7 Å². The van der Waals surface area contributed by atoms with Crippen LogP contribution in [0.2, 0.25) is 0 Å². The predicted octanol–water partition coefficient (Wildman–Crippen LogP) is 0.987. The van der Waals surface area contributed by atoms with Crippen LogP contribution in [0.4, 0.5) is 17.6 Å². The van der Waals surface area contributed by atoms with Crippen LogP contribution in [0.5, 0.6) is 0 Å². The highest BCUT2D eigenvalue weighted by Crippen LogP contribution is 2.28. The molecule has 2 nitrogen and oxygen atoms in total. The van der Waals surface area contributed by atoms with Gasteiger partial charge in [0.15, 0.2) is 6.17 Å². The number of aliphatic hydroxyl groups excluding tert-OH is 1. The number of hydrogen-bond donors (Lipinski definition) is 2. The maximum absolute atomic E-state index is 12.3. The van der Waals surface area contributed by atoms with Gasteiger partial charge in [-0.05, 0) is 6.92 Å². The zero-order valence-corrected chi connectivity index (χ0v) is 6.53. The van der Waals surface area contributed by atoms with Crippen LogP contribution in [0.25, 0.3) is 0 Å². The molecular weight excluding hydrogens is 178 g/mol. The maximum atomic E-state index is 12.3. The molecule has 0 aliphatic heterocycles. The largest absolute Gasteiger partial charge is 0.419 e. The number of nitrogens with two attached hydrogens (primary N) is 1. The molecule has 74 valence electrons. The Morgan fingerprint density at radius 2 is 1.83 bits per heavy atom. The van der Waals surface area contributed by atoms with E-state index in [1.807, 2.05) is 0 Å². The second kappa shape index (κ2) is 3.57. The highest BCUT2D eigenvalue weighted by Gasteiger charge is 2.43. The molecule has 0 aromatic rings. The molecule has 0 aromatic carbocycles. The fraction of sp³-hybridized carbons (Fsp3) is 1.00. The summed E-state index contributed by atoms with van der Waals surface area (Å²) in [5.74, 6) is 0. The number of halogens is 4. The van der Waals surface area contributed by atoms with E-state index in [4.69, 9.17) is 10.8 Å². The van der Waals surface area contributed by atoms with Gasteiger partial charge in [0.25, 0.3) is 0 Å². The molecule has 0 aromatic heterocycles. The van der Waals surface area contributed by atoms with Crippen molar-refractivity contribution in [1.29, 1.82) is 0 Å². The summed E-state index contributed by atoms with van der Waals surface area (Å²) in [5, 5.41) is 8.45. The van der Waals surface area contributed by atoms with E-state index in [9.17, 15) is 17.6 Å². The zero-order valence-electron chi connectivity index (χ0n) is 6.53. The summed E-state index contributed by atoms with van der Waals surface area (Å²) in [6.45, 7) is 0.481. The summed E-state index contributed by atoms with van der Waals surface area (Å²) in [6.07, 6.45) is -8.79. The Labute approximate surface area is 67.4 Å². The maximum Gasteiger partial charge on any atom is 0.419 e. The first kappa shape index (κ1) is 11.6. The van der Waals surface area contributed by atoms with Gasteiger partial charge in [-0.3, -0.25) is 0 Å². The Bertz CT molecular complexity index is 145. The Morgan fingerprint density at radius 3 is 2.08 bits per heavy atom. The average molecular weight is 189 g/mol. The third-order valence-electron chi connectivity index (χ3n) is 1.36. The lowest BCUT2D eigenvalue weighted by atomic mass is 9.97. The molecule has 12 heavy (non-hydrogen) atoms. The molecule has 2 atom stereocenters. The van der Waals surface area contributed by atoms with Crippen molar-refractivity contribution >= 4 is 0 Å². The normalized spacial score (nSPS) is 20.2. The molecule has 0 fully saturated rings. The van der Waals surface area contributed by atoms with Gasteiger partial charge >= 0.3 is 6.18 Å². The first-order valence-electron chi connectivity index (χ1n) is 3.29. The van der Waals surface area contributed by atoms with Crippen LogP contribution >= 0.6 is 0 Å². The van der Waals surface area contributed by atoms with E-state index in [0.717, 1.165) is 6.92 Å². The summed E-state index contributed by atoms with van der Waals surface area (Å²) in [5.41, 5.74) is 3.60. The minimum absolute atomic E-state index is 0.677. The Hall–Kier alpha value is -0.360. The molecule has 0 rings (SSSR count). The molecule has 3 N–H and O–H groups in total. The van der Waals surface area contributed by atoms with Crippen molar-refractivity contribution in [2.45, 2.75) is 31.2 Å². The van der Waals surface area contributed by atoms with E-state index >= 15 is 0 Å². The third-order valence-corrected chi connectivity index (χ3v) is 1.36. The fourth-order valence-corrected chi connectivity index (χ4v) is 0.590. The lowest BCUT2D eigenvalue weighted by Crippen LogP contribution is -2.45. The molecular formula is C6H11F4NO. The number of rotatable bonds is 3. The molecule has 0 heterocycles. The zero-order chi connectivity index (χ0) is 9.99. The van der Waals surface area contributed by atoms with Gasteiger partial charge in [-0.1, -0.05) is 0 Å². The van der Waals surface area contributed by atoms with Crippen molar-refractivity contribution in [2.75, 3.05) is 6.61 Å². The molecule has 0 amide bonds. The van der Waals surface area contributed by atoms with E-state index < -0.39 is 30.9 Å². The van der Waals surface area contributed by atoms with Crippen molar-refractivity contribution in [1.82, 2.24) is 0 Å². The summed E-state index contributed by atoms with van der Waals surface area (Å²) < 4.78 is 47.1. The monoisotopic (exact) mass is 189 g/mol. The van der Waals surface area contributed by atoms with Crippen molar-refractivity contribution in [3.05, 3.63) is 0 Å². The molecule has 0 bridgehead atoms. The molecule has 0 saturated heterocycles. The SMILES string of the molecule is CC(N)(CO)CC(F)C(F)(F)F. The third kappa shape index (κ3) is 3.87. The number of alkyl halides is 4. The van der Waals surface area contributed by atoms with Crippen molar-refractivity contribution in [2.24, 2.45) is 5.73 Å². The van der Waals surface area contributed by atoms with Gasteiger partial charge in [0, 0.05) is 12.0 Å². The summed E-state index contributed by atoms with van der Waals surface area (Å²) >= 11 is 0. The second-order valence-electron chi connectivity index (χ2n) is 3.03. The van der Waals surface area contributed by atoms with E-state index in [1.165, 1.54) is 0 Å². The first-order chi connectivity index (χ1) is 5.19. The molecule has 0 saturated carbocycles. The lowest BCUT2D eigenvalue weighted by Gasteiger charge is -2.24. The quantitative estimate of drug-likeness (QED) is 0.650. The second-order valence-corrected chi connectivity index (χ2v) is 3.03. The Balaban J connectivity index is 4.09. The standard InChI is InChI=1S/C6H11F4NO/c1-5(11,3-12)2-4(7)6(8,9)10/h4,12H,2-3,11H2,1H3. The van der Waals surface area contributed by atoms with Crippen LogP contribution < -0.4 is 5.73 Å². The van der Waals surface area contributed by atoms with E-state index in [0.29, 0.717) is 0 Å². The topological polar surface area (TPSA) is 46.2 Å². The van der Waals surface area contributed by atoms with Crippen molar-refractivity contribution in [3.63, 3.8) is 0 Å². The predicted molar refractivity (Wildman–Crippen MR) is 35.2 cm³/mol.